The minimum Gasteiger partial charge on any atom is -0.489 e. The first-order chi connectivity index (χ1) is 51.5. The standard InChI is InChI=1S/C92H58N8O4/c1-9-25-65-53(17-1)41-54-18-2-10-26-66(54)81(65)49-101-61-33-37-73-77(45-61)89-93-85(73)98-90-79-47-63(103-51-83-69-29-13-5-21-57(69)43-58-22-6-14-30-70(58)83)35-39-75(79)87(95-90)100-92-80-48-64(104-52-84-71-31-15-7-23-59(71)44-60-24-8-16-32-72(60)84)36-40-76(80)88(96-92)99-91-78-46-62(34-38-74(78)86(94-91)97-89)102-50-82-67-27-11-3-19-55(67)42-56-20-4-12-28-68(56)82/h1-48H,49-52H2,(H2,93,94,95,96,97,98,99,100). The molecule has 2 aliphatic rings. The van der Waals surface area contributed by atoms with Crippen LogP contribution in [0.2, 0.25) is 0 Å². The van der Waals surface area contributed by atoms with Crippen molar-refractivity contribution in [2.45, 2.75) is 26.4 Å². The molecule has 0 amide bonds. The van der Waals surface area contributed by atoms with Crippen LogP contribution in [0.25, 0.3) is 176 Å². The Labute approximate surface area is 594 Å². The van der Waals surface area contributed by atoms with Gasteiger partial charge < -0.3 is 28.9 Å². The highest BCUT2D eigenvalue weighted by Gasteiger charge is 2.26. The first-order valence-corrected chi connectivity index (χ1v) is 34.9. The highest BCUT2D eigenvalue weighted by molar-refractivity contribution is 6.09. The van der Waals surface area contributed by atoms with Crippen LogP contribution in [0.5, 0.6) is 23.0 Å². The number of fused-ring (bicyclic) bond motifs is 28. The van der Waals surface area contributed by atoms with Gasteiger partial charge in [0.25, 0.3) is 0 Å². The van der Waals surface area contributed by atoms with Gasteiger partial charge in [0.05, 0.1) is 0 Å². The highest BCUT2D eigenvalue weighted by atomic mass is 16.5. The molecule has 0 unspecified atom stereocenters. The number of hydrogen-bond donors (Lipinski definition) is 2. The van der Waals surface area contributed by atoms with Crippen LogP contribution in [0, 0.1) is 0 Å². The third-order valence-electron chi connectivity index (χ3n) is 20.8. The van der Waals surface area contributed by atoms with Crippen molar-refractivity contribution in [2.24, 2.45) is 0 Å². The first kappa shape index (κ1) is 59.1. The second kappa shape index (κ2) is 23.9. The number of rotatable bonds is 12. The van der Waals surface area contributed by atoms with E-state index in [1.165, 1.54) is 0 Å². The number of aromatic amines is 2. The summed E-state index contributed by atoms with van der Waals surface area (Å²) in [7, 11) is 0. The number of aromatic nitrogens is 8. The van der Waals surface area contributed by atoms with Gasteiger partial charge in [-0.3, -0.25) is 0 Å². The smallest absolute Gasteiger partial charge is 0.164 e. The molecule has 0 atom stereocenters. The summed E-state index contributed by atoms with van der Waals surface area (Å²) >= 11 is 0. The molecule has 2 aliphatic heterocycles. The molecule has 2 N–H and O–H groups in total. The van der Waals surface area contributed by atoms with Gasteiger partial charge in [0.2, 0.25) is 0 Å². The summed E-state index contributed by atoms with van der Waals surface area (Å²) in [6.45, 7) is 1.29. The van der Waals surface area contributed by atoms with E-state index >= 15 is 0 Å². The minimum atomic E-state index is 0.323. The Bertz CT molecular complexity index is 6410. The van der Waals surface area contributed by atoms with Gasteiger partial charge >= 0.3 is 0 Å². The van der Waals surface area contributed by atoms with Crippen molar-refractivity contribution in [3.8, 4) is 68.5 Å². The fraction of sp³-hybridized carbons (Fsp3) is 0.0435. The van der Waals surface area contributed by atoms with Crippen LogP contribution in [0.4, 0.5) is 0 Å². The summed E-state index contributed by atoms with van der Waals surface area (Å²) in [6, 6.07) is 101. The second-order valence-corrected chi connectivity index (χ2v) is 26.8. The Morgan fingerprint density at radius 3 is 0.702 bits per heavy atom. The van der Waals surface area contributed by atoms with Gasteiger partial charge in [-0.1, -0.05) is 194 Å². The van der Waals surface area contributed by atoms with Gasteiger partial charge in [-0.25, -0.2) is 29.9 Å². The lowest BCUT2D eigenvalue weighted by molar-refractivity contribution is 0.309. The lowest BCUT2D eigenvalue weighted by Gasteiger charge is -2.13. The lowest BCUT2D eigenvalue weighted by atomic mass is 9.97. The molecule has 0 saturated heterocycles. The molecular formula is C92H58N8O4. The number of benzene rings is 16. The highest BCUT2D eigenvalue weighted by Crippen LogP contribution is 2.43. The fourth-order valence-corrected chi connectivity index (χ4v) is 15.7. The average Bonchev–Trinajstić information content (AvgIpc) is 1.57. The molecule has 490 valence electrons. The molecule has 5 heterocycles. The summed E-state index contributed by atoms with van der Waals surface area (Å²) in [5, 5.41) is 21.4. The number of nitrogens with one attached hydrogen (secondary N) is 2. The molecule has 0 fully saturated rings. The molecule has 21 rings (SSSR count). The second-order valence-electron chi connectivity index (χ2n) is 26.8. The predicted octanol–water partition coefficient (Wildman–Crippen LogP) is 22.4. The Morgan fingerprint density at radius 1 is 0.192 bits per heavy atom. The topological polar surface area (TPSA) is 146 Å². The van der Waals surface area contributed by atoms with Crippen LogP contribution in [0.1, 0.15) is 22.3 Å². The molecule has 0 spiro atoms. The zero-order chi connectivity index (χ0) is 68.3. The molecule has 12 heteroatoms. The van der Waals surface area contributed by atoms with Crippen molar-refractivity contribution in [2.75, 3.05) is 0 Å². The Hall–Kier alpha value is -13.8. The SMILES string of the molecule is c1ccc2c(COc3ccc4c(c3)-c3nc-4nc4[nH]c(nc5nc(nc6[nH]c(n3)c3ccc(OCc7c8ccccc8cc8ccccc78)cc63)-c3ccc(OCc6c7ccccc7cc7ccccc67)cc3-5)c3ccc(OCc5c6ccccc6cc6ccccc56)cc43)c3ccccc3cc2c1. The predicted molar refractivity (Wildman–Crippen MR) is 419 cm³/mol. The van der Waals surface area contributed by atoms with E-state index in [1.54, 1.807) is 0 Å². The van der Waals surface area contributed by atoms with E-state index in [0.717, 1.165) is 152 Å². The molecule has 3 aromatic heterocycles. The lowest BCUT2D eigenvalue weighted by Crippen LogP contribution is -1.98. The third-order valence-corrected chi connectivity index (χ3v) is 20.8. The summed E-state index contributed by atoms with van der Waals surface area (Å²) in [5.74, 6) is 4.36. The van der Waals surface area contributed by atoms with Crippen LogP contribution < -0.4 is 18.9 Å². The quantitative estimate of drug-likeness (QED) is 0.113. The molecule has 16 aromatic carbocycles. The number of nitrogens with zero attached hydrogens (tertiary/aromatic N) is 6. The fourth-order valence-electron chi connectivity index (χ4n) is 15.7. The van der Waals surface area contributed by atoms with Gasteiger partial charge in [0.15, 0.2) is 23.3 Å². The zero-order valence-corrected chi connectivity index (χ0v) is 55.9. The Kier molecular flexibility index (Phi) is 13.6. The van der Waals surface area contributed by atoms with E-state index in [4.69, 9.17) is 48.9 Å². The molecule has 0 saturated carbocycles. The molecule has 104 heavy (non-hydrogen) atoms. The van der Waals surface area contributed by atoms with Gasteiger partial charge in [0.1, 0.15) is 72.0 Å². The Morgan fingerprint density at radius 2 is 0.423 bits per heavy atom. The summed E-state index contributed by atoms with van der Waals surface area (Å²) in [6.07, 6.45) is 0. The van der Waals surface area contributed by atoms with E-state index in [9.17, 15) is 0 Å². The maximum absolute atomic E-state index is 6.91. The van der Waals surface area contributed by atoms with Crippen LogP contribution in [0.15, 0.2) is 291 Å². The third kappa shape index (κ3) is 10.0. The van der Waals surface area contributed by atoms with Gasteiger partial charge in [-0.05, 0) is 183 Å². The molecule has 12 nitrogen and oxygen atoms in total. The summed E-state index contributed by atoms with van der Waals surface area (Å²) in [5.41, 5.74) is 9.53. The van der Waals surface area contributed by atoms with Crippen LogP contribution >= 0.6 is 0 Å². The maximum Gasteiger partial charge on any atom is 0.164 e. The van der Waals surface area contributed by atoms with Crippen LogP contribution in [-0.2, 0) is 26.4 Å². The van der Waals surface area contributed by atoms with Crippen LogP contribution in [-0.4, -0.2) is 39.9 Å². The van der Waals surface area contributed by atoms with Gasteiger partial charge in [-0.2, -0.15) is 0 Å². The van der Waals surface area contributed by atoms with E-state index in [2.05, 4.69) is 228 Å². The van der Waals surface area contributed by atoms with Crippen molar-refractivity contribution in [3.05, 3.63) is 313 Å². The number of H-pyrrole nitrogens is 2. The maximum atomic E-state index is 6.91. The minimum absolute atomic E-state index is 0.323. The normalized spacial score (nSPS) is 12.0. The molecule has 0 radical (unpaired) electrons. The number of ether oxygens (including phenoxy) is 4. The molecule has 19 aromatic rings. The molecular weight excluding hydrogens is 1280 g/mol. The largest absolute Gasteiger partial charge is 0.489 e. The van der Waals surface area contributed by atoms with Crippen LogP contribution in [0.3, 0.4) is 0 Å². The van der Waals surface area contributed by atoms with Crippen molar-refractivity contribution in [3.63, 3.8) is 0 Å². The van der Waals surface area contributed by atoms with Crippen molar-refractivity contribution >= 4 is 130 Å². The number of hydrogen-bond acceptors (Lipinski definition) is 10. The van der Waals surface area contributed by atoms with E-state index in [0.29, 0.717) is 95.3 Å². The Balaban J connectivity index is 0.754. The van der Waals surface area contributed by atoms with E-state index in [1.807, 2.05) is 72.8 Å². The monoisotopic (exact) mass is 1340 g/mol. The van der Waals surface area contributed by atoms with E-state index < -0.39 is 0 Å². The van der Waals surface area contributed by atoms with Crippen molar-refractivity contribution in [1.82, 2.24) is 39.9 Å². The summed E-state index contributed by atoms with van der Waals surface area (Å²) < 4.78 is 27.6. The van der Waals surface area contributed by atoms with Gasteiger partial charge in [0, 0.05) is 66.1 Å². The van der Waals surface area contributed by atoms with Crippen molar-refractivity contribution < 1.29 is 18.9 Å². The van der Waals surface area contributed by atoms with E-state index in [-0.39, 0.29) is 0 Å². The molecule has 0 aliphatic carbocycles. The first-order valence-electron chi connectivity index (χ1n) is 34.9. The molecule has 8 bridgehead atoms. The average molecular weight is 1340 g/mol. The van der Waals surface area contributed by atoms with Crippen molar-refractivity contribution in [1.29, 1.82) is 0 Å². The zero-order valence-electron chi connectivity index (χ0n) is 55.9. The van der Waals surface area contributed by atoms with Gasteiger partial charge in [-0.15, -0.1) is 0 Å². The summed E-state index contributed by atoms with van der Waals surface area (Å²) in [4.78, 5) is 40.3.